The van der Waals surface area contributed by atoms with Crippen LogP contribution in [-0.2, 0) is 4.74 Å². The molecule has 3 atom stereocenters. The van der Waals surface area contributed by atoms with E-state index in [1.165, 1.54) is 6.20 Å². The Kier molecular flexibility index (Phi) is 3.47. The molecule has 3 rings (SSSR count). The first kappa shape index (κ1) is 14.7. The van der Waals surface area contributed by atoms with E-state index in [0.29, 0.717) is 16.9 Å². The van der Waals surface area contributed by atoms with Crippen molar-refractivity contribution in [3.05, 3.63) is 17.6 Å². The molecule has 9 heteroatoms. The molecule has 0 aliphatic carbocycles. The first-order chi connectivity index (χ1) is 10.4. The van der Waals surface area contributed by atoms with Crippen LogP contribution in [0.2, 0.25) is 0 Å². The molecule has 1 saturated heterocycles. The fraction of sp³-hybridized carbons (Fsp3) is 0.462. The number of primary amides is 1. The highest BCUT2D eigenvalue weighted by Crippen LogP contribution is 2.34. The fourth-order valence-corrected chi connectivity index (χ4v) is 2.75. The van der Waals surface area contributed by atoms with E-state index in [4.69, 9.17) is 16.2 Å². The van der Waals surface area contributed by atoms with Gasteiger partial charge in [0, 0.05) is 12.6 Å². The summed E-state index contributed by atoms with van der Waals surface area (Å²) in [5.41, 5.74) is 11.9. The van der Waals surface area contributed by atoms with Crippen LogP contribution in [0.4, 0.5) is 5.82 Å². The number of aryl methyl sites for hydroxylation is 1. The zero-order valence-corrected chi connectivity index (χ0v) is 11.9. The summed E-state index contributed by atoms with van der Waals surface area (Å²) in [6, 6.07) is 0. The number of fused-ring (bicyclic) bond motifs is 1. The summed E-state index contributed by atoms with van der Waals surface area (Å²) in [5.74, 6) is -0.0508. The minimum absolute atomic E-state index is 0.160. The molecule has 1 aliphatic heterocycles. The fourth-order valence-electron chi connectivity index (χ4n) is 2.75. The maximum Gasteiger partial charge on any atom is 0.251 e. The Bertz CT molecular complexity index is 744. The Hall–Kier alpha value is -2.23. The number of ether oxygens (including phenoxy) is 1. The molecular formula is C13H17N5O4. The van der Waals surface area contributed by atoms with Gasteiger partial charge in [0.25, 0.3) is 5.91 Å². The highest BCUT2D eigenvalue weighted by atomic mass is 16.5. The summed E-state index contributed by atoms with van der Waals surface area (Å²) in [5, 5.41) is 19.4. The van der Waals surface area contributed by atoms with E-state index >= 15 is 0 Å². The van der Waals surface area contributed by atoms with Crippen molar-refractivity contribution in [2.75, 3.05) is 12.3 Å². The molecule has 1 amide bonds. The molecule has 0 aromatic carbocycles. The summed E-state index contributed by atoms with van der Waals surface area (Å²) in [7, 11) is 0. The van der Waals surface area contributed by atoms with Gasteiger partial charge in [-0.05, 0) is 6.92 Å². The standard InChI is InChI=1S/C13H17N5O4/c1-5-16-11(14)10-6(12(15)21)3-18(13(10)17-5)9-2-7(20)8(4-19)22-9/h3,7-9,19-20H,2,4H2,1H3,(H2,15,21)(H2,14,16,17)/t7-,8+,9+/m0/s1. The number of nitrogens with zero attached hydrogens (tertiary/aromatic N) is 3. The van der Waals surface area contributed by atoms with Crippen molar-refractivity contribution in [3.63, 3.8) is 0 Å². The molecule has 2 aromatic rings. The van der Waals surface area contributed by atoms with Crippen LogP contribution in [-0.4, -0.2) is 49.5 Å². The van der Waals surface area contributed by atoms with Crippen LogP contribution in [0.1, 0.15) is 28.8 Å². The number of anilines is 1. The number of aliphatic hydroxyl groups excluding tert-OH is 2. The lowest BCUT2D eigenvalue weighted by Crippen LogP contribution is -2.24. The van der Waals surface area contributed by atoms with E-state index in [-0.39, 0.29) is 24.4 Å². The summed E-state index contributed by atoms with van der Waals surface area (Å²) in [4.78, 5) is 20.0. The van der Waals surface area contributed by atoms with E-state index in [2.05, 4.69) is 9.97 Å². The van der Waals surface area contributed by atoms with Crippen molar-refractivity contribution in [3.8, 4) is 0 Å². The molecule has 0 saturated carbocycles. The zero-order chi connectivity index (χ0) is 16.0. The lowest BCUT2D eigenvalue weighted by Gasteiger charge is -2.14. The molecule has 9 nitrogen and oxygen atoms in total. The third-order valence-corrected chi connectivity index (χ3v) is 3.77. The van der Waals surface area contributed by atoms with Crippen LogP contribution >= 0.6 is 0 Å². The Morgan fingerprint density at radius 2 is 2.27 bits per heavy atom. The van der Waals surface area contributed by atoms with Crippen LogP contribution in [0, 0.1) is 6.92 Å². The summed E-state index contributed by atoms with van der Waals surface area (Å²) < 4.78 is 7.20. The summed E-state index contributed by atoms with van der Waals surface area (Å²) >= 11 is 0. The molecule has 118 valence electrons. The van der Waals surface area contributed by atoms with Crippen molar-refractivity contribution >= 4 is 22.8 Å². The molecule has 22 heavy (non-hydrogen) atoms. The minimum atomic E-state index is -0.801. The highest BCUT2D eigenvalue weighted by Gasteiger charge is 2.36. The highest BCUT2D eigenvalue weighted by molar-refractivity contribution is 6.08. The number of hydrogen-bond acceptors (Lipinski definition) is 7. The molecule has 0 unspecified atom stereocenters. The SMILES string of the molecule is Cc1nc(N)c2c(C(N)=O)cn([C@H]3C[C@H](O)[C@@H](CO)O3)c2n1. The van der Waals surface area contributed by atoms with Gasteiger partial charge in [-0.25, -0.2) is 9.97 Å². The predicted octanol–water partition coefficient (Wildman–Crippen LogP) is -0.938. The second-order valence-corrected chi connectivity index (χ2v) is 5.28. The average Bonchev–Trinajstić information content (AvgIpc) is 2.99. The number of aromatic nitrogens is 3. The maximum absolute atomic E-state index is 11.6. The van der Waals surface area contributed by atoms with Crippen LogP contribution in [0.25, 0.3) is 11.0 Å². The van der Waals surface area contributed by atoms with Crippen molar-refractivity contribution in [2.45, 2.75) is 31.8 Å². The van der Waals surface area contributed by atoms with Crippen molar-refractivity contribution < 1.29 is 19.7 Å². The smallest absolute Gasteiger partial charge is 0.251 e. The number of amides is 1. The molecular weight excluding hydrogens is 290 g/mol. The van der Waals surface area contributed by atoms with Crippen molar-refractivity contribution in [2.24, 2.45) is 5.73 Å². The summed E-state index contributed by atoms with van der Waals surface area (Å²) in [6.07, 6.45) is -0.300. The monoisotopic (exact) mass is 307 g/mol. The Labute approximate surface area is 125 Å². The van der Waals surface area contributed by atoms with E-state index in [1.807, 2.05) is 0 Å². The van der Waals surface area contributed by atoms with Gasteiger partial charge in [0.05, 0.1) is 23.7 Å². The van der Waals surface area contributed by atoms with Gasteiger partial charge in [0.15, 0.2) is 0 Å². The largest absolute Gasteiger partial charge is 0.394 e. The number of carbonyl (C=O) groups excluding carboxylic acids is 1. The molecule has 0 spiro atoms. The van der Waals surface area contributed by atoms with E-state index in [1.54, 1.807) is 11.5 Å². The molecule has 0 bridgehead atoms. The van der Waals surface area contributed by atoms with E-state index in [9.17, 15) is 15.0 Å². The number of hydrogen-bond donors (Lipinski definition) is 4. The molecule has 0 radical (unpaired) electrons. The average molecular weight is 307 g/mol. The molecule has 6 N–H and O–H groups in total. The minimum Gasteiger partial charge on any atom is -0.394 e. The molecule has 3 heterocycles. The quantitative estimate of drug-likeness (QED) is 0.571. The van der Waals surface area contributed by atoms with Crippen LogP contribution in [0.15, 0.2) is 6.20 Å². The molecule has 1 aliphatic rings. The Morgan fingerprint density at radius 3 is 2.86 bits per heavy atom. The Balaban J connectivity index is 2.16. The van der Waals surface area contributed by atoms with E-state index in [0.717, 1.165) is 0 Å². The second kappa shape index (κ2) is 5.20. The maximum atomic E-state index is 11.6. The predicted molar refractivity (Wildman–Crippen MR) is 76.8 cm³/mol. The number of aliphatic hydroxyl groups is 2. The van der Waals surface area contributed by atoms with Gasteiger partial charge in [-0.15, -0.1) is 0 Å². The van der Waals surface area contributed by atoms with Gasteiger partial charge in [-0.2, -0.15) is 0 Å². The van der Waals surface area contributed by atoms with Gasteiger partial charge in [-0.3, -0.25) is 4.79 Å². The first-order valence-electron chi connectivity index (χ1n) is 6.81. The third kappa shape index (κ3) is 2.19. The van der Waals surface area contributed by atoms with Gasteiger partial charge >= 0.3 is 0 Å². The van der Waals surface area contributed by atoms with Crippen LogP contribution < -0.4 is 11.5 Å². The molecule has 1 fully saturated rings. The Morgan fingerprint density at radius 1 is 1.55 bits per heavy atom. The number of carbonyl (C=O) groups is 1. The van der Waals surface area contributed by atoms with Gasteiger partial charge < -0.3 is 31.0 Å². The third-order valence-electron chi connectivity index (χ3n) is 3.77. The van der Waals surface area contributed by atoms with Crippen LogP contribution in [0.3, 0.4) is 0 Å². The van der Waals surface area contributed by atoms with Crippen molar-refractivity contribution in [1.82, 2.24) is 14.5 Å². The topological polar surface area (TPSA) is 150 Å². The summed E-state index contributed by atoms with van der Waals surface area (Å²) in [6.45, 7) is 1.38. The van der Waals surface area contributed by atoms with Gasteiger partial charge in [0.2, 0.25) is 0 Å². The first-order valence-corrected chi connectivity index (χ1v) is 6.81. The molecule has 2 aromatic heterocycles. The lowest BCUT2D eigenvalue weighted by atomic mass is 10.2. The number of nitrogen functional groups attached to an aromatic ring is 1. The lowest BCUT2D eigenvalue weighted by molar-refractivity contribution is -0.0430. The van der Waals surface area contributed by atoms with Gasteiger partial charge in [0.1, 0.15) is 29.6 Å². The number of rotatable bonds is 3. The zero-order valence-electron chi connectivity index (χ0n) is 11.9. The van der Waals surface area contributed by atoms with Gasteiger partial charge in [-0.1, -0.05) is 0 Å². The second-order valence-electron chi connectivity index (χ2n) is 5.28. The van der Waals surface area contributed by atoms with E-state index < -0.39 is 24.3 Å². The van der Waals surface area contributed by atoms with Crippen LogP contribution in [0.5, 0.6) is 0 Å². The number of nitrogens with two attached hydrogens (primary N) is 2. The normalized spacial score (nSPS) is 25.0. The van der Waals surface area contributed by atoms with Crippen molar-refractivity contribution in [1.29, 1.82) is 0 Å².